The third-order valence-corrected chi connectivity index (χ3v) is 3.83. The molecule has 0 aliphatic rings. The van der Waals surface area contributed by atoms with Gasteiger partial charge in [-0.25, -0.2) is 4.79 Å². The second-order valence-electron chi connectivity index (χ2n) is 4.23. The van der Waals surface area contributed by atoms with E-state index in [1.54, 1.807) is 6.92 Å². The van der Waals surface area contributed by atoms with Crippen LogP contribution in [-0.4, -0.2) is 54.0 Å². The highest BCUT2D eigenvalue weighted by molar-refractivity contribution is 7.54. The third-order valence-electron chi connectivity index (χ3n) is 1.74. The fraction of sp³-hybridized carbons (Fsp3) is 0.875. The molecule has 0 fully saturated rings. The van der Waals surface area contributed by atoms with E-state index in [2.05, 4.69) is 0 Å². The summed E-state index contributed by atoms with van der Waals surface area (Å²) in [6.07, 6.45) is 0.564. The third kappa shape index (κ3) is 4.30. The molecule has 7 heteroatoms. The molecule has 0 aromatic heterocycles. The van der Waals surface area contributed by atoms with E-state index in [1.165, 1.54) is 21.1 Å². The van der Waals surface area contributed by atoms with Gasteiger partial charge in [0, 0.05) is 0 Å². The second kappa shape index (κ2) is 5.07. The zero-order valence-corrected chi connectivity index (χ0v) is 10.4. The second-order valence-corrected chi connectivity index (χ2v) is 6.10. The first-order chi connectivity index (χ1) is 6.63. The van der Waals surface area contributed by atoms with E-state index in [0.29, 0.717) is 6.42 Å². The van der Waals surface area contributed by atoms with E-state index in [1.807, 2.05) is 0 Å². The van der Waals surface area contributed by atoms with Crippen molar-refractivity contribution in [3.8, 4) is 0 Å². The molecule has 0 amide bonds. The first kappa shape index (κ1) is 14.6. The largest absolute Gasteiger partial charge is 0.476 e. The lowest BCUT2D eigenvalue weighted by Crippen LogP contribution is -2.49. The Labute approximate surface area is 89.6 Å². The molecular weight excluding hydrogens is 221 g/mol. The van der Waals surface area contributed by atoms with Gasteiger partial charge in [0.15, 0.2) is 0 Å². The summed E-state index contributed by atoms with van der Waals surface area (Å²) in [6, 6.07) is 0. The average molecular weight is 240 g/mol. The minimum atomic E-state index is -4.12. The van der Waals surface area contributed by atoms with Crippen LogP contribution in [0.4, 0.5) is 0 Å². The summed E-state index contributed by atoms with van der Waals surface area (Å²) in [5.74, 6) is -2.78. The lowest BCUT2D eigenvalue weighted by Gasteiger charge is -2.32. The van der Waals surface area contributed by atoms with Gasteiger partial charge in [-0.3, -0.25) is 4.57 Å². The minimum Gasteiger partial charge on any atom is -0.476 e. The molecule has 2 unspecified atom stereocenters. The molecule has 0 radical (unpaired) electrons. The van der Waals surface area contributed by atoms with E-state index < -0.39 is 19.3 Å². The van der Waals surface area contributed by atoms with E-state index in [-0.39, 0.29) is 11.1 Å². The number of hydrogen-bond acceptors (Lipinski definition) is 3. The first-order valence-electron chi connectivity index (χ1n) is 4.64. The number of rotatable bonds is 6. The molecular formula is C8H19NO5P+. The molecule has 0 aromatic carbocycles. The molecule has 2 atom stereocenters. The molecule has 0 aromatic rings. The maximum Gasteiger partial charge on any atom is 0.396 e. The molecule has 0 heterocycles. The van der Waals surface area contributed by atoms with Crippen molar-refractivity contribution in [1.29, 1.82) is 0 Å². The Bertz CT molecular complexity index is 273. The molecule has 2 N–H and O–H groups in total. The first-order valence-corrected chi connectivity index (χ1v) is 6.28. The smallest absolute Gasteiger partial charge is 0.396 e. The van der Waals surface area contributed by atoms with Crippen molar-refractivity contribution in [1.82, 2.24) is 0 Å². The predicted molar refractivity (Wildman–Crippen MR) is 55.5 cm³/mol. The summed E-state index contributed by atoms with van der Waals surface area (Å²) in [4.78, 5) is 20.5. The zero-order chi connectivity index (χ0) is 12.3. The van der Waals surface area contributed by atoms with Crippen LogP contribution >= 0.6 is 7.60 Å². The van der Waals surface area contributed by atoms with Gasteiger partial charge in [-0.2, -0.15) is 0 Å². The van der Waals surface area contributed by atoms with Gasteiger partial charge < -0.3 is 19.0 Å². The highest BCUT2D eigenvalue weighted by atomic mass is 31.2. The van der Waals surface area contributed by atoms with Gasteiger partial charge in [-0.15, -0.1) is 0 Å². The van der Waals surface area contributed by atoms with Gasteiger partial charge in [0.2, 0.25) is 0 Å². The van der Waals surface area contributed by atoms with Crippen LogP contribution in [0.2, 0.25) is 0 Å². The minimum absolute atomic E-state index is 0.0809. The number of likely N-dealkylation sites (N-methyl/N-ethyl adjacent to an activating group) is 1. The van der Waals surface area contributed by atoms with Gasteiger partial charge in [0.1, 0.15) is 0 Å². The van der Waals surface area contributed by atoms with Gasteiger partial charge >= 0.3 is 13.6 Å². The number of hydrogen-bond donors (Lipinski definition) is 2. The van der Waals surface area contributed by atoms with Crippen LogP contribution in [0.1, 0.15) is 13.3 Å². The summed E-state index contributed by atoms with van der Waals surface area (Å²) in [6.45, 7) is 1.86. The lowest BCUT2D eigenvalue weighted by molar-refractivity contribution is -0.875. The fourth-order valence-corrected chi connectivity index (χ4v) is 2.94. The Hall–Kier alpha value is -0.420. The molecule has 0 spiro atoms. The van der Waals surface area contributed by atoms with E-state index >= 15 is 0 Å². The number of nitrogens with zero attached hydrogens (tertiary/aromatic N) is 1. The van der Waals surface area contributed by atoms with Crippen LogP contribution in [0, 0.1) is 0 Å². The van der Waals surface area contributed by atoms with Crippen molar-refractivity contribution in [3.63, 3.8) is 0 Å². The molecule has 90 valence electrons. The molecule has 0 aliphatic carbocycles. The molecule has 0 rings (SSSR count). The van der Waals surface area contributed by atoms with Gasteiger partial charge in [-0.05, 0) is 6.42 Å². The van der Waals surface area contributed by atoms with Crippen LogP contribution in [0.15, 0.2) is 0 Å². The Morgan fingerprint density at radius 3 is 2.20 bits per heavy atom. The SMILES string of the molecule is CCCOP(=O)(O)C(C(=O)O)[N+](C)(C)C. The van der Waals surface area contributed by atoms with E-state index in [4.69, 9.17) is 9.63 Å². The zero-order valence-electron chi connectivity index (χ0n) is 9.51. The van der Waals surface area contributed by atoms with Crippen molar-refractivity contribution in [3.05, 3.63) is 0 Å². The van der Waals surface area contributed by atoms with Gasteiger partial charge in [-0.1, -0.05) is 6.92 Å². The van der Waals surface area contributed by atoms with E-state index in [0.717, 1.165) is 0 Å². The number of carbonyl (C=O) groups is 1. The monoisotopic (exact) mass is 240 g/mol. The van der Waals surface area contributed by atoms with Crippen LogP contribution in [-0.2, 0) is 13.9 Å². The van der Waals surface area contributed by atoms with E-state index in [9.17, 15) is 14.3 Å². The maximum absolute atomic E-state index is 11.7. The average Bonchev–Trinajstić information content (AvgIpc) is 1.96. The summed E-state index contributed by atoms with van der Waals surface area (Å²) < 4.78 is 16.3. The standard InChI is InChI=1S/C8H18NO5P/c1-5-6-14-15(12,13)7(8(10)11)9(2,3)4/h7H,5-6H2,1-4H3,(H-,10,11,12,13)/p+1. The molecule has 6 nitrogen and oxygen atoms in total. The highest BCUT2D eigenvalue weighted by Gasteiger charge is 2.48. The van der Waals surface area contributed by atoms with Gasteiger partial charge in [0.05, 0.1) is 27.7 Å². The molecule has 0 saturated heterocycles. The van der Waals surface area contributed by atoms with Crippen molar-refractivity contribution >= 4 is 13.6 Å². The van der Waals surface area contributed by atoms with Crippen molar-refractivity contribution in [2.24, 2.45) is 0 Å². The van der Waals surface area contributed by atoms with Crippen molar-refractivity contribution in [2.45, 2.75) is 19.1 Å². The molecule has 0 aliphatic heterocycles. The Kier molecular flexibility index (Phi) is 4.93. The summed E-state index contributed by atoms with van der Waals surface area (Å²) in [5, 5.41) is 8.92. The number of quaternary nitrogens is 1. The Morgan fingerprint density at radius 2 is 1.93 bits per heavy atom. The van der Waals surface area contributed by atoms with Crippen molar-refractivity contribution < 1.29 is 28.4 Å². The fourth-order valence-electron chi connectivity index (χ4n) is 1.20. The highest BCUT2D eigenvalue weighted by Crippen LogP contribution is 2.50. The summed E-state index contributed by atoms with van der Waals surface area (Å²) >= 11 is 0. The maximum atomic E-state index is 11.7. The van der Waals surface area contributed by atoms with Crippen LogP contribution in [0.25, 0.3) is 0 Å². The molecule has 15 heavy (non-hydrogen) atoms. The lowest BCUT2D eigenvalue weighted by atomic mass is 10.5. The van der Waals surface area contributed by atoms with Crippen LogP contribution in [0.3, 0.4) is 0 Å². The quantitative estimate of drug-likeness (QED) is 0.527. The van der Waals surface area contributed by atoms with Crippen LogP contribution in [0.5, 0.6) is 0 Å². The number of carboxylic acid groups (broad SMARTS) is 1. The topological polar surface area (TPSA) is 83.8 Å². The molecule has 0 bridgehead atoms. The summed E-state index contributed by atoms with van der Waals surface area (Å²) in [7, 11) is 0.492. The van der Waals surface area contributed by atoms with Crippen LogP contribution < -0.4 is 0 Å². The summed E-state index contributed by atoms with van der Waals surface area (Å²) in [5.41, 5.74) is 0. The van der Waals surface area contributed by atoms with Gasteiger partial charge in [0.25, 0.3) is 5.78 Å². The molecule has 0 saturated carbocycles. The normalized spacial score (nSPS) is 18.2. The predicted octanol–water partition coefficient (Wildman–Crippen LogP) is 0.715. The number of carboxylic acids is 1. The Balaban J connectivity index is 4.92. The van der Waals surface area contributed by atoms with Crippen molar-refractivity contribution in [2.75, 3.05) is 27.7 Å². The Morgan fingerprint density at radius 1 is 1.47 bits per heavy atom. The number of aliphatic carboxylic acids is 1.